The third kappa shape index (κ3) is 9.61. The fraction of sp³-hybridized carbons (Fsp3) is 0.607. The molecule has 1 aromatic rings. The summed E-state index contributed by atoms with van der Waals surface area (Å²) in [6, 6.07) is 8.90. The summed E-state index contributed by atoms with van der Waals surface area (Å²) in [7, 11) is -0.866. The van der Waals surface area contributed by atoms with Crippen LogP contribution in [0.3, 0.4) is 0 Å². The van der Waals surface area contributed by atoms with Crippen molar-refractivity contribution < 1.29 is 28.3 Å². The lowest BCUT2D eigenvalue weighted by atomic mass is 9.89. The number of nitrogens with one attached hydrogen (secondary N) is 1. The van der Waals surface area contributed by atoms with E-state index in [9.17, 15) is 14.4 Å². The molecule has 2 rings (SSSR count). The van der Waals surface area contributed by atoms with Crippen LogP contribution in [0.5, 0.6) is 0 Å². The summed E-state index contributed by atoms with van der Waals surface area (Å²) in [5, 5.41) is 2.45. The number of rotatable bonds is 8. The van der Waals surface area contributed by atoms with E-state index in [0.29, 0.717) is 12.8 Å². The number of hydrogen-bond acceptors (Lipinski definition) is 7. The summed E-state index contributed by atoms with van der Waals surface area (Å²) in [4.78, 5) is 38.0. The van der Waals surface area contributed by atoms with Gasteiger partial charge in [0.2, 0.25) is 0 Å². The van der Waals surface area contributed by atoms with Gasteiger partial charge in [-0.2, -0.15) is 11.8 Å². The molecule has 1 aliphatic rings. The molecule has 1 aliphatic carbocycles. The maximum atomic E-state index is 13.2. The molecule has 206 valence electrons. The number of alkyl carbamates (subject to hydrolysis) is 1. The smallest absolute Gasteiger partial charge is 0.408 e. The Morgan fingerprint density at radius 2 is 1.73 bits per heavy atom. The van der Waals surface area contributed by atoms with Crippen LogP contribution in [0, 0.1) is 0 Å². The second kappa shape index (κ2) is 12.6. The van der Waals surface area contributed by atoms with Gasteiger partial charge in [0.15, 0.2) is 14.1 Å². The lowest BCUT2D eigenvalue weighted by Crippen LogP contribution is -2.49. The van der Waals surface area contributed by atoms with E-state index in [1.54, 1.807) is 20.8 Å². The molecule has 9 heteroatoms. The van der Waals surface area contributed by atoms with Crippen molar-refractivity contribution in [3.63, 3.8) is 0 Å². The fourth-order valence-electron chi connectivity index (χ4n) is 3.62. The van der Waals surface area contributed by atoms with Crippen LogP contribution in [0.1, 0.15) is 59.9 Å². The quantitative estimate of drug-likeness (QED) is 0.242. The Labute approximate surface area is 227 Å². The first-order valence-corrected chi connectivity index (χ1v) is 16.6. The molecule has 1 N–H and O–H groups in total. The summed E-state index contributed by atoms with van der Waals surface area (Å²) >= 11 is 1.46. The molecule has 2 unspecified atom stereocenters. The minimum atomic E-state index is -2.15. The summed E-state index contributed by atoms with van der Waals surface area (Å²) in [6.45, 7) is 16.2. The Morgan fingerprint density at radius 1 is 1.11 bits per heavy atom. The monoisotopic (exact) mass is 549 g/mol. The highest BCUT2D eigenvalue weighted by Gasteiger charge is 2.43. The van der Waals surface area contributed by atoms with Gasteiger partial charge in [0, 0.05) is 23.8 Å². The van der Waals surface area contributed by atoms with Gasteiger partial charge in [-0.25, -0.2) is 9.59 Å². The molecule has 0 aliphatic heterocycles. The first kappa shape index (κ1) is 31.1. The molecule has 7 nitrogen and oxygen atoms in total. The van der Waals surface area contributed by atoms with E-state index < -0.39 is 32.0 Å². The first-order chi connectivity index (χ1) is 17.0. The Hall–Kier alpha value is -2.10. The number of amides is 1. The summed E-state index contributed by atoms with van der Waals surface area (Å²) in [5.41, 5.74) is 1.04. The zero-order valence-corrected chi connectivity index (χ0v) is 25.5. The number of methoxy groups -OCH3 is 1. The maximum Gasteiger partial charge on any atom is 0.408 e. The second-order valence-corrected chi connectivity index (χ2v) is 18.0. The van der Waals surface area contributed by atoms with Crippen molar-refractivity contribution in [2.75, 3.05) is 12.9 Å². The number of carbonyl (C=O) groups is 3. The molecule has 0 bridgehead atoms. The van der Waals surface area contributed by atoms with Gasteiger partial charge in [0.25, 0.3) is 0 Å². The van der Waals surface area contributed by atoms with E-state index in [0.717, 1.165) is 11.1 Å². The molecule has 37 heavy (non-hydrogen) atoms. The molecular weight excluding hydrogens is 506 g/mol. The van der Waals surface area contributed by atoms with Crippen LogP contribution in [-0.2, 0) is 23.5 Å². The molecule has 1 saturated carbocycles. The summed E-state index contributed by atoms with van der Waals surface area (Å²) in [6.07, 6.45) is 1.86. The average Bonchev–Trinajstić information content (AvgIpc) is 2.77. The molecule has 0 spiro atoms. The molecule has 1 aromatic carbocycles. The Morgan fingerprint density at radius 3 is 2.27 bits per heavy atom. The van der Waals surface area contributed by atoms with Gasteiger partial charge in [-0.15, -0.1) is 0 Å². The minimum absolute atomic E-state index is 0.000197. The molecule has 0 radical (unpaired) electrons. The van der Waals surface area contributed by atoms with Crippen LogP contribution in [0.25, 0.3) is 6.08 Å². The Kier molecular flexibility index (Phi) is 10.6. The van der Waals surface area contributed by atoms with E-state index in [1.807, 2.05) is 36.4 Å². The molecule has 0 heterocycles. The van der Waals surface area contributed by atoms with Crippen molar-refractivity contribution in [1.29, 1.82) is 0 Å². The highest BCUT2D eigenvalue weighted by Crippen LogP contribution is 2.41. The topological polar surface area (TPSA) is 90.9 Å². The number of thioether (sulfide) groups is 1. The van der Waals surface area contributed by atoms with Gasteiger partial charge in [-0.3, -0.25) is 4.79 Å². The third-order valence-corrected chi connectivity index (χ3v) is 12.6. The molecule has 0 saturated heterocycles. The van der Waals surface area contributed by atoms with E-state index in [2.05, 4.69) is 39.2 Å². The second-order valence-electron chi connectivity index (χ2n) is 11.9. The number of esters is 1. The van der Waals surface area contributed by atoms with Gasteiger partial charge < -0.3 is 19.2 Å². The van der Waals surface area contributed by atoms with Crippen molar-refractivity contribution >= 4 is 44.0 Å². The van der Waals surface area contributed by atoms with Gasteiger partial charge in [0.05, 0.1) is 13.2 Å². The van der Waals surface area contributed by atoms with Gasteiger partial charge >= 0.3 is 12.1 Å². The summed E-state index contributed by atoms with van der Waals surface area (Å²) in [5.74, 6) is -0.253. The van der Waals surface area contributed by atoms with Crippen molar-refractivity contribution in [3.05, 3.63) is 41.5 Å². The van der Waals surface area contributed by atoms with Gasteiger partial charge in [-0.1, -0.05) is 51.1 Å². The number of benzene rings is 1. The highest BCUT2D eigenvalue weighted by atomic mass is 32.2. The summed E-state index contributed by atoms with van der Waals surface area (Å²) < 4.78 is 17.1. The van der Waals surface area contributed by atoms with Crippen LogP contribution >= 0.6 is 11.8 Å². The van der Waals surface area contributed by atoms with E-state index >= 15 is 0 Å². The molecular formula is C28H43NO6SSi. The number of Topliss-reactive ketones (excluding diaryl/α,β-unsaturated/α-hetero) is 1. The molecule has 1 amide bonds. The van der Waals surface area contributed by atoms with Crippen molar-refractivity contribution in [1.82, 2.24) is 5.32 Å². The molecule has 0 aromatic heterocycles. The van der Waals surface area contributed by atoms with Gasteiger partial charge in [0.1, 0.15) is 11.6 Å². The first-order valence-electron chi connectivity index (χ1n) is 12.7. The normalized spacial score (nSPS) is 20.9. The van der Waals surface area contributed by atoms with Crippen LogP contribution in [0.4, 0.5) is 4.79 Å². The Balaban J connectivity index is 2.25. The van der Waals surface area contributed by atoms with E-state index in [4.69, 9.17) is 13.9 Å². The molecule has 3 atom stereocenters. The number of ketones is 1. The van der Waals surface area contributed by atoms with E-state index in [-0.39, 0.29) is 27.9 Å². The van der Waals surface area contributed by atoms with Crippen LogP contribution < -0.4 is 5.32 Å². The number of ether oxygens (including phenoxy) is 2. The van der Waals surface area contributed by atoms with Crippen molar-refractivity contribution in [3.8, 4) is 0 Å². The van der Waals surface area contributed by atoms with Crippen LogP contribution in [-0.4, -0.2) is 62.0 Å². The molecule has 1 fully saturated rings. The number of hydrogen-bond donors (Lipinski definition) is 1. The third-order valence-electron chi connectivity index (χ3n) is 6.63. The fourth-order valence-corrected chi connectivity index (χ4v) is 6.37. The SMILES string of the molecule is COC(=O)C(CS[C@@H]1CC(=O)C(=Cc2ccccc2)CC1O[Si](C)(C)C(C)(C)C)NC(=O)OC(C)(C)C. The lowest BCUT2D eigenvalue weighted by Gasteiger charge is -2.43. The zero-order valence-electron chi connectivity index (χ0n) is 23.7. The number of carbonyl (C=O) groups excluding carboxylic acids is 3. The van der Waals surface area contributed by atoms with E-state index in [1.165, 1.54) is 18.9 Å². The van der Waals surface area contributed by atoms with Crippen LogP contribution in [0.2, 0.25) is 18.1 Å². The zero-order chi connectivity index (χ0) is 28.0. The van der Waals surface area contributed by atoms with Gasteiger partial charge in [-0.05, 0) is 56.1 Å². The Bertz CT molecular complexity index is 981. The maximum absolute atomic E-state index is 13.2. The van der Waals surface area contributed by atoms with Crippen molar-refractivity contribution in [2.45, 2.75) is 95.5 Å². The minimum Gasteiger partial charge on any atom is -0.467 e. The predicted molar refractivity (Wildman–Crippen MR) is 152 cm³/mol. The largest absolute Gasteiger partial charge is 0.467 e. The van der Waals surface area contributed by atoms with Crippen molar-refractivity contribution in [2.24, 2.45) is 0 Å². The highest BCUT2D eigenvalue weighted by molar-refractivity contribution is 8.00. The standard InChI is InChI=1S/C28H43NO6SSi/c1-27(2,3)34-26(32)29-21(25(31)33-7)18-36-24-17-22(30)20(15-19-13-11-10-12-14-19)16-23(24)35-37(8,9)28(4,5)6/h10-15,21,23-24H,16-18H2,1-9H3,(H,29,32)/t21?,23?,24-/m1/s1. The van der Waals surface area contributed by atoms with Crippen LogP contribution in [0.15, 0.2) is 35.9 Å². The predicted octanol–water partition coefficient (Wildman–Crippen LogP) is 5.99. The average molecular weight is 550 g/mol. The lowest BCUT2D eigenvalue weighted by molar-refractivity contribution is -0.142.